The Morgan fingerprint density at radius 3 is 2.75 bits per heavy atom. The fourth-order valence-electron chi connectivity index (χ4n) is 3.34. The van der Waals surface area contributed by atoms with E-state index in [9.17, 15) is 9.59 Å². The largest absolute Gasteiger partial charge is 0.353 e. The maximum Gasteiger partial charge on any atom is 0.261 e. The molecular formula is C19H23N3O2. The number of benzene rings is 1. The number of amides is 1. The Kier molecular flexibility index (Phi) is 3.87. The molecule has 1 atom stereocenters. The number of aromatic nitrogens is 2. The third-order valence-electron chi connectivity index (χ3n) is 5.09. The predicted octanol–water partition coefficient (Wildman–Crippen LogP) is 2.58. The maximum absolute atomic E-state index is 12.8. The van der Waals surface area contributed by atoms with Crippen LogP contribution in [-0.2, 0) is 11.2 Å². The van der Waals surface area contributed by atoms with Crippen LogP contribution in [0.5, 0.6) is 0 Å². The van der Waals surface area contributed by atoms with Crippen LogP contribution in [0.2, 0.25) is 0 Å². The van der Waals surface area contributed by atoms with Crippen LogP contribution in [0.25, 0.3) is 10.9 Å². The first-order valence-corrected chi connectivity index (χ1v) is 8.93. The van der Waals surface area contributed by atoms with E-state index in [1.165, 1.54) is 12.8 Å². The molecule has 1 heterocycles. The van der Waals surface area contributed by atoms with Crippen LogP contribution in [0.1, 0.15) is 50.9 Å². The molecule has 1 unspecified atom stereocenters. The van der Waals surface area contributed by atoms with Gasteiger partial charge in [-0.25, -0.2) is 4.98 Å². The molecule has 2 fully saturated rings. The van der Waals surface area contributed by atoms with Crippen LogP contribution in [0, 0.1) is 5.92 Å². The molecule has 0 radical (unpaired) electrons. The van der Waals surface area contributed by atoms with Crippen molar-refractivity contribution in [1.29, 1.82) is 0 Å². The molecule has 4 rings (SSSR count). The monoisotopic (exact) mass is 325 g/mol. The van der Waals surface area contributed by atoms with Gasteiger partial charge in [-0.2, -0.15) is 0 Å². The molecule has 1 amide bonds. The Morgan fingerprint density at radius 2 is 2.04 bits per heavy atom. The van der Waals surface area contributed by atoms with Crippen molar-refractivity contribution < 1.29 is 4.79 Å². The quantitative estimate of drug-likeness (QED) is 0.888. The van der Waals surface area contributed by atoms with Crippen molar-refractivity contribution in [2.75, 3.05) is 0 Å². The van der Waals surface area contributed by atoms with E-state index < -0.39 is 0 Å². The Hall–Kier alpha value is -2.17. The van der Waals surface area contributed by atoms with E-state index in [1.807, 2.05) is 28.8 Å². The van der Waals surface area contributed by atoms with E-state index >= 15 is 0 Å². The molecule has 0 spiro atoms. The number of para-hydroxylation sites is 1. The Morgan fingerprint density at radius 1 is 1.29 bits per heavy atom. The SMILES string of the molecule is CC(NC(=O)CCc1nc2ccccc2c(=O)n1C1CC1)C1CC1. The van der Waals surface area contributed by atoms with E-state index in [2.05, 4.69) is 17.2 Å². The molecule has 2 aliphatic carbocycles. The number of carbonyl (C=O) groups excluding carboxylic acids is 1. The molecule has 126 valence electrons. The lowest BCUT2D eigenvalue weighted by atomic mass is 10.2. The summed E-state index contributed by atoms with van der Waals surface area (Å²) in [7, 11) is 0. The van der Waals surface area contributed by atoms with Crippen molar-refractivity contribution in [3.63, 3.8) is 0 Å². The van der Waals surface area contributed by atoms with Gasteiger partial charge in [0.25, 0.3) is 5.56 Å². The highest BCUT2D eigenvalue weighted by atomic mass is 16.1. The van der Waals surface area contributed by atoms with Crippen molar-refractivity contribution in [2.24, 2.45) is 5.92 Å². The number of fused-ring (bicyclic) bond motifs is 1. The van der Waals surface area contributed by atoms with Gasteiger partial charge in [-0.05, 0) is 50.7 Å². The first-order chi connectivity index (χ1) is 11.6. The number of rotatable bonds is 6. The summed E-state index contributed by atoms with van der Waals surface area (Å²) in [5.41, 5.74) is 0.756. The van der Waals surface area contributed by atoms with Gasteiger partial charge >= 0.3 is 0 Å². The van der Waals surface area contributed by atoms with Gasteiger partial charge in [0.05, 0.1) is 10.9 Å². The van der Waals surface area contributed by atoms with Crippen LogP contribution >= 0.6 is 0 Å². The molecule has 5 heteroatoms. The molecule has 0 saturated heterocycles. The molecule has 1 aromatic heterocycles. The van der Waals surface area contributed by atoms with Gasteiger partial charge in [-0.1, -0.05) is 12.1 Å². The summed E-state index contributed by atoms with van der Waals surface area (Å²) in [6, 6.07) is 7.98. The number of hydrogen-bond acceptors (Lipinski definition) is 3. The van der Waals surface area contributed by atoms with E-state index in [0.29, 0.717) is 24.1 Å². The minimum atomic E-state index is 0.0323. The Balaban J connectivity index is 1.55. The number of carbonyl (C=O) groups is 1. The Bertz CT molecular complexity index is 834. The summed E-state index contributed by atoms with van der Waals surface area (Å²) in [6.07, 6.45) is 5.38. The van der Waals surface area contributed by atoms with E-state index in [4.69, 9.17) is 0 Å². The lowest BCUT2D eigenvalue weighted by Gasteiger charge is -2.15. The molecular weight excluding hydrogens is 302 g/mol. The second-order valence-electron chi connectivity index (χ2n) is 7.15. The first-order valence-electron chi connectivity index (χ1n) is 8.93. The van der Waals surface area contributed by atoms with Gasteiger partial charge in [0.2, 0.25) is 5.91 Å². The van der Waals surface area contributed by atoms with Crippen molar-refractivity contribution in [1.82, 2.24) is 14.9 Å². The zero-order valence-electron chi connectivity index (χ0n) is 14.0. The van der Waals surface area contributed by atoms with Gasteiger partial charge in [0, 0.05) is 24.9 Å². The zero-order valence-corrected chi connectivity index (χ0v) is 14.0. The summed E-state index contributed by atoms with van der Waals surface area (Å²) in [4.78, 5) is 29.6. The second kappa shape index (κ2) is 6.04. The summed E-state index contributed by atoms with van der Waals surface area (Å²) in [5, 5.41) is 3.74. The minimum Gasteiger partial charge on any atom is -0.353 e. The molecule has 5 nitrogen and oxygen atoms in total. The lowest BCUT2D eigenvalue weighted by molar-refractivity contribution is -0.121. The molecule has 0 bridgehead atoms. The van der Waals surface area contributed by atoms with Crippen molar-refractivity contribution >= 4 is 16.8 Å². The predicted molar refractivity (Wildman–Crippen MR) is 92.9 cm³/mol. The first kappa shape index (κ1) is 15.4. The number of nitrogens with zero attached hydrogens (tertiary/aromatic N) is 2. The topological polar surface area (TPSA) is 64.0 Å². The molecule has 1 aromatic carbocycles. The fourth-order valence-corrected chi connectivity index (χ4v) is 3.34. The van der Waals surface area contributed by atoms with Gasteiger partial charge < -0.3 is 5.32 Å². The van der Waals surface area contributed by atoms with Crippen LogP contribution in [0.3, 0.4) is 0 Å². The second-order valence-corrected chi connectivity index (χ2v) is 7.15. The minimum absolute atomic E-state index is 0.0323. The molecule has 0 aliphatic heterocycles. The van der Waals surface area contributed by atoms with Crippen LogP contribution < -0.4 is 10.9 Å². The average molecular weight is 325 g/mol. The third kappa shape index (κ3) is 3.07. The zero-order chi connectivity index (χ0) is 16.7. The van der Waals surface area contributed by atoms with Gasteiger partial charge in [-0.3, -0.25) is 14.2 Å². The molecule has 24 heavy (non-hydrogen) atoms. The summed E-state index contributed by atoms with van der Waals surface area (Å²) in [5.74, 6) is 1.45. The summed E-state index contributed by atoms with van der Waals surface area (Å²) >= 11 is 0. The van der Waals surface area contributed by atoms with E-state index in [1.54, 1.807) is 0 Å². The molecule has 2 aromatic rings. The van der Waals surface area contributed by atoms with Gasteiger partial charge in [-0.15, -0.1) is 0 Å². The third-order valence-corrected chi connectivity index (χ3v) is 5.09. The highest BCUT2D eigenvalue weighted by Gasteiger charge is 2.30. The Labute approximate surface area is 141 Å². The number of hydrogen-bond donors (Lipinski definition) is 1. The molecule has 1 N–H and O–H groups in total. The van der Waals surface area contributed by atoms with Gasteiger partial charge in [0.15, 0.2) is 0 Å². The van der Waals surface area contributed by atoms with Gasteiger partial charge in [0.1, 0.15) is 5.82 Å². The summed E-state index contributed by atoms with van der Waals surface area (Å²) in [6.45, 7) is 2.07. The maximum atomic E-state index is 12.8. The average Bonchev–Trinajstić information content (AvgIpc) is 3.46. The fraction of sp³-hybridized carbons (Fsp3) is 0.526. The van der Waals surface area contributed by atoms with Crippen LogP contribution in [0.4, 0.5) is 0 Å². The highest BCUT2D eigenvalue weighted by molar-refractivity contribution is 5.78. The van der Waals surface area contributed by atoms with Crippen LogP contribution in [0.15, 0.2) is 29.1 Å². The van der Waals surface area contributed by atoms with Crippen molar-refractivity contribution in [3.8, 4) is 0 Å². The van der Waals surface area contributed by atoms with E-state index in [-0.39, 0.29) is 23.6 Å². The lowest BCUT2D eigenvalue weighted by Crippen LogP contribution is -2.34. The van der Waals surface area contributed by atoms with Crippen molar-refractivity contribution in [3.05, 3.63) is 40.4 Å². The summed E-state index contributed by atoms with van der Waals surface area (Å²) < 4.78 is 1.82. The number of nitrogens with one attached hydrogen (secondary N) is 1. The highest BCUT2D eigenvalue weighted by Crippen LogP contribution is 2.35. The standard InChI is InChI=1S/C19H23N3O2/c1-12(13-6-7-13)20-18(23)11-10-17-21-16-5-3-2-4-15(16)19(24)22(17)14-8-9-14/h2-5,12-14H,6-11H2,1H3,(H,20,23). The van der Waals surface area contributed by atoms with Crippen LogP contribution in [-0.4, -0.2) is 21.5 Å². The van der Waals surface area contributed by atoms with E-state index in [0.717, 1.165) is 24.2 Å². The number of aryl methyl sites for hydroxylation is 1. The normalized spacial score (nSPS) is 18.5. The van der Waals surface area contributed by atoms with Crippen molar-refractivity contribution in [2.45, 2.75) is 57.5 Å². The molecule has 2 aliphatic rings. The smallest absolute Gasteiger partial charge is 0.261 e. The molecule has 2 saturated carbocycles.